The number of hydrogen-bond donors (Lipinski definition) is 0. The molecule has 2 aromatic heterocycles. The van der Waals surface area contributed by atoms with Gasteiger partial charge in [0.15, 0.2) is 11.5 Å². The van der Waals surface area contributed by atoms with Crippen LogP contribution in [-0.2, 0) is 25.9 Å². The number of rotatable bonds is 7. The number of carbonyl (C=O) groups is 2. The highest BCUT2D eigenvalue weighted by atomic mass is 16.3. The topological polar surface area (TPSA) is 74.8 Å². The number of furan rings is 1. The van der Waals surface area contributed by atoms with Crippen molar-refractivity contribution < 1.29 is 14.0 Å². The van der Waals surface area contributed by atoms with Gasteiger partial charge >= 0.3 is 0 Å². The fourth-order valence-electron chi connectivity index (χ4n) is 5.58. The van der Waals surface area contributed by atoms with Gasteiger partial charge in [-0.05, 0) is 63.4 Å². The Morgan fingerprint density at radius 2 is 1.86 bits per heavy atom. The van der Waals surface area contributed by atoms with Crippen LogP contribution in [0, 0.1) is 0 Å². The van der Waals surface area contributed by atoms with Crippen molar-refractivity contribution in [2.45, 2.75) is 52.2 Å². The van der Waals surface area contributed by atoms with Crippen LogP contribution in [0.5, 0.6) is 0 Å². The van der Waals surface area contributed by atoms with E-state index < -0.39 is 0 Å². The zero-order chi connectivity index (χ0) is 25.2. The van der Waals surface area contributed by atoms with Gasteiger partial charge in [0, 0.05) is 80.4 Å². The quantitative estimate of drug-likeness (QED) is 0.472. The third-order valence-corrected chi connectivity index (χ3v) is 7.64. The molecule has 1 saturated heterocycles. The van der Waals surface area contributed by atoms with E-state index in [1.807, 2.05) is 29.9 Å². The Morgan fingerprint density at radius 3 is 2.50 bits per heavy atom. The molecular formula is C28H35N5O3. The van der Waals surface area contributed by atoms with Crippen LogP contribution in [0.15, 0.2) is 47.3 Å². The van der Waals surface area contributed by atoms with Crippen molar-refractivity contribution in [3.8, 4) is 0 Å². The summed E-state index contributed by atoms with van der Waals surface area (Å²) < 4.78 is 7.19. The second kappa shape index (κ2) is 10.3. The Bertz CT molecular complexity index is 1210. The van der Waals surface area contributed by atoms with Crippen molar-refractivity contribution in [2.24, 2.45) is 0 Å². The Morgan fingerprint density at radius 1 is 1.11 bits per heavy atom. The molecule has 0 N–H and O–H groups in total. The van der Waals surface area contributed by atoms with E-state index in [2.05, 4.69) is 28.9 Å². The molecule has 8 heteroatoms. The molecule has 1 aliphatic heterocycles. The lowest BCUT2D eigenvalue weighted by molar-refractivity contribution is 0.0776. The minimum Gasteiger partial charge on any atom is -0.472 e. The van der Waals surface area contributed by atoms with E-state index in [1.54, 1.807) is 24.3 Å². The number of aromatic nitrogens is 2. The molecule has 1 amide bonds. The fourth-order valence-corrected chi connectivity index (χ4v) is 5.58. The summed E-state index contributed by atoms with van der Waals surface area (Å²) in [5.41, 5.74) is 5.84. The van der Waals surface area contributed by atoms with E-state index >= 15 is 0 Å². The number of Topliss-reactive ketones (excluding diaryl/α,β-unsaturated/α-hetero) is 1. The molecule has 1 unspecified atom stereocenters. The smallest absolute Gasteiger partial charge is 0.274 e. The van der Waals surface area contributed by atoms with Crippen LogP contribution in [0.2, 0.25) is 0 Å². The van der Waals surface area contributed by atoms with Gasteiger partial charge in [-0.1, -0.05) is 0 Å². The summed E-state index contributed by atoms with van der Waals surface area (Å²) in [5.74, 6) is 0.0686. The lowest BCUT2D eigenvalue weighted by Crippen LogP contribution is -2.52. The van der Waals surface area contributed by atoms with E-state index in [4.69, 9.17) is 9.52 Å². The number of ketones is 1. The lowest BCUT2D eigenvalue weighted by Gasteiger charge is -2.41. The first-order valence-corrected chi connectivity index (χ1v) is 12.9. The summed E-state index contributed by atoms with van der Waals surface area (Å²) in [6.07, 6.45) is 6.21. The largest absolute Gasteiger partial charge is 0.472 e. The molecule has 8 nitrogen and oxygen atoms in total. The number of anilines is 1. The Labute approximate surface area is 212 Å². The number of aryl methyl sites for hydroxylation is 1. The van der Waals surface area contributed by atoms with Crippen LogP contribution >= 0.6 is 0 Å². The van der Waals surface area contributed by atoms with Gasteiger partial charge in [-0.25, -0.2) is 0 Å². The lowest BCUT2D eigenvalue weighted by atomic mass is 9.89. The van der Waals surface area contributed by atoms with E-state index in [0.717, 1.165) is 68.7 Å². The first kappa shape index (κ1) is 24.3. The normalized spacial score (nSPS) is 18.2. The number of benzene rings is 1. The number of amides is 1. The first-order chi connectivity index (χ1) is 17.4. The van der Waals surface area contributed by atoms with Gasteiger partial charge in [0.2, 0.25) is 0 Å². The highest BCUT2D eigenvalue weighted by molar-refractivity contribution is 5.94. The van der Waals surface area contributed by atoms with Crippen LogP contribution < -0.4 is 4.90 Å². The van der Waals surface area contributed by atoms with Crippen LogP contribution in [0.1, 0.15) is 57.9 Å². The average molecular weight is 490 g/mol. The van der Waals surface area contributed by atoms with Crippen LogP contribution in [0.25, 0.3) is 0 Å². The molecule has 1 atom stereocenters. The molecule has 3 heterocycles. The molecule has 2 aliphatic rings. The zero-order valence-corrected chi connectivity index (χ0v) is 21.4. The molecule has 1 aliphatic carbocycles. The van der Waals surface area contributed by atoms with Gasteiger partial charge < -0.3 is 14.2 Å². The molecule has 1 aromatic carbocycles. The SMILES string of the molecule is CCn1nc(C(=O)N(C)Cc2ccoc2)c2c1CCC(N1CCN(c3ccc(C(C)=O)cc3)CC1)C2. The van der Waals surface area contributed by atoms with Gasteiger partial charge in [0.1, 0.15) is 0 Å². The predicted molar refractivity (Wildman–Crippen MR) is 138 cm³/mol. The Balaban J connectivity index is 1.26. The first-order valence-electron chi connectivity index (χ1n) is 12.9. The highest BCUT2D eigenvalue weighted by Crippen LogP contribution is 2.29. The third kappa shape index (κ3) is 4.82. The van der Waals surface area contributed by atoms with E-state index in [1.165, 1.54) is 11.4 Å². The summed E-state index contributed by atoms with van der Waals surface area (Å²) in [6.45, 7) is 8.84. The van der Waals surface area contributed by atoms with E-state index in [-0.39, 0.29) is 11.7 Å². The molecule has 5 rings (SSSR count). The van der Waals surface area contributed by atoms with Crippen molar-refractivity contribution in [2.75, 3.05) is 38.1 Å². The minimum absolute atomic E-state index is 0.0286. The van der Waals surface area contributed by atoms with Crippen molar-refractivity contribution >= 4 is 17.4 Å². The molecule has 0 bridgehead atoms. The minimum atomic E-state index is -0.0286. The molecule has 190 valence electrons. The van der Waals surface area contributed by atoms with E-state index in [9.17, 15) is 9.59 Å². The summed E-state index contributed by atoms with van der Waals surface area (Å²) >= 11 is 0. The van der Waals surface area contributed by atoms with Gasteiger partial charge in [-0.3, -0.25) is 19.2 Å². The van der Waals surface area contributed by atoms with Crippen molar-refractivity contribution in [1.29, 1.82) is 0 Å². The number of carbonyl (C=O) groups excluding carboxylic acids is 2. The van der Waals surface area contributed by atoms with Gasteiger partial charge in [-0.2, -0.15) is 5.10 Å². The molecule has 36 heavy (non-hydrogen) atoms. The summed E-state index contributed by atoms with van der Waals surface area (Å²) in [5, 5.41) is 4.76. The molecule has 0 spiro atoms. The van der Waals surface area contributed by atoms with Crippen LogP contribution in [0.4, 0.5) is 5.69 Å². The molecule has 1 fully saturated rings. The maximum atomic E-state index is 13.4. The highest BCUT2D eigenvalue weighted by Gasteiger charge is 2.33. The number of hydrogen-bond acceptors (Lipinski definition) is 6. The summed E-state index contributed by atoms with van der Waals surface area (Å²) in [6, 6.07) is 10.2. The van der Waals surface area contributed by atoms with Crippen LogP contribution in [-0.4, -0.2) is 70.5 Å². The standard InChI is InChI=1S/C28H35N5O3/c1-4-33-26-10-9-24(17-25(26)27(29-33)28(35)30(3)18-21-11-16-36-19-21)32-14-12-31(13-15-32)23-7-5-22(6-8-23)20(2)34/h5-8,11,16,19,24H,4,9-10,12-15,17-18H2,1-3H3. The molecular weight excluding hydrogens is 454 g/mol. The Hall–Kier alpha value is -3.39. The zero-order valence-electron chi connectivity index (χ0n) is 21.4. The number of nitrogens with zero attached hydrogens (tertiary/aromatic N) is 5. The van der Waals surface area contributed by atoms with E-state index in [0.29, 0.717) is 18.3 Å². The maximum Gasteiger partial charge on any atom is 0.274 e. The molecule has 3 aromatic rings. The van der Waals surface area contributed by atoms with Gasteiger partial charge in [0.25, 0.3) is 5.91 Å². The number of piperazine rings is 1. The molecule has 0 saturated carbocycles. The third-order valence-electron chi connectivity index (χ3n) is 7.64. The fraction of sp³-hybridized carbons (Fsp3) is 0.464. The monoisotopic (exact) mass is 489 g/mol. The maximum absolute atomic E-state index is 13.4. The van der Waals surface area contributed by atoms with Crippen molar-refractivity contribution in [3.63, 3.8) is 0 Å². The second-order valence-corrected chi connectivity index (χ2v) is 9.91. The Kier molecular flexibility index (Phi) is 6.96. The van der Waals surface area contributed by atoms with Crippen molar-refractivity contribution in [1.82, 2.24) is 19.6 Å². The van der Waals surface area contributed by atoms with Gasteiger partial charge in [-0.15, -0.1) is 0 Å². The number of fused-ring (bicyclic) bond motifs is 1. The van der Waals surface area contributed by atoms with Crippen molar-refractivity contribution in [3.05, 3.63) is 70.9 Å². The second-order valence-electron chi connectivity index (χ2n) is 9.91. The van der Waals surface area contributed by atoms with Gasteiger partial charge in [0.05, 0.1) is 12.5 Å². The summed E-state index contributed by atoms with van der Waals surface area (Å²) in [7, 11) is 1.83. The molecule has 0 radical (unpaired) electrons. The summed E-state index contributed by atoms with van der Waals surface area (Å²) in [4.78, 5) is 31.7. The van der Waals surface area contributed by atoms with Crippen LogP contribution in [0.3, 0.4) is 0 Å². The average Bonchev–Trinajstić information content (AvgIpc) is 3.55. The predicted octanol–water partition coefficient (Wildman–Crippen LogP) is 3.65.